The number of aryl methyl sites for hydroxylation is 3. The molecule has 2 amide bonds. The molecule has 32 heavy (non-hydrogen) atoms. The Labute approximate surface area is 187 Å². The van der Waals surface area contributed by atoms with Crippen LogP contribution in [0.4, 0.5) is 0 Å². The molecular weight excluding hydrogens is 404 g/mol. The van der Waals surface area contributed by atoms with E-state index in [-0.39, 0.29) is 22.9 Å². The molecule has 1 fully saturated rings. The third-order valence-electron chi connectivity index (χ3n) is 6.64. The van der Waals surface area contributed by atoms with Crippen molar-refractivity contribution in [3.8, 4) is 0 Å². The van der Waals surface area contributed by atoms with Crippen molar-refractivity contribution in [1.82, 2.24) is 19.8 Å². The first kappa shape index (κ1) is 21.9. The number of aromatic nitrogens is 2. The SMILES string of the molecule is CNC(=O)C1(C)CCCN(C(=O)c2c(C)ccn(CCc3c[nH]c4ccccc34)c2=O)C1. The normalized spacial score (nSPS) is 18.7. The van der Waals surface area contributed by atoms with Gasteiger partial charge in [-0.15, -0.1) is 0 Å². The second-order valence-corrected chi connectivity index (χ2v) is 8.95. The molecule has 168 valence electrons. The van der Waals surface area contributed by atoms with Crippen molar-refractivity contribution in [2.24, 2.45) is 5.41 Å². The lowest BCUT2D eigenvalue weighted by molar-refractivity contribution is -0.132. The Morgan fingerprint density at radius 1 is 1.22 bits per heavy atom. The Kier molecular flexibility index (Phi) is 5.91. The number of para-hydroxylation sites is 1. The van der Waals surface area contributed by atoms with Gasteiger partial charge in [-0.05, 0) is 56.4 Å². The van der Waals surface area contributed by atoms with Crippen molar-refractivity contribution in [2.45, 2.75) is 39.7 Å². The number of aromatic amines is 1. The van der Waals surface area contributed by atoms with Crippen LogP contribution in [0.5, 0.6) is 0 Å². The number of amides is 2. The standard InChI is InChI=1S/C25H30N4O3/c1-17-9-13-28(14-10-18-15-27-20-8-5-4-7-19(18)20)22(30)21(17)23(31)29-12-6-11-25(2,16-29)24(32)26-3/h4-5,7-9,13,15,27H,6,10-12,14,16H2,1-3H3,(H,26,32). The van der Waals surface area contributed by atoms with E-state index in [9.17, 15) is 14.4 Å². The highest BCUT2D eigenvalue weighted by atomic mass is 16.2. The Bertz CT molecular complexity index is 1230. The fraction of sp³-hybridized carbons (Fsp3) is 0.400. The zero-order valence-corrected chi connectivity index (χ0v) is 18.9. The predicted molar refractivity (Wildman–Crippen MR) is 125 cm³/mol. The number of nitrogens with one attached hydrogen (secondary N) is 2. The number of nitrogens with zero attached hydrogens (tertiary/aromatic N) is 2. The number of pyridine rings is 1. The van der Waals surface area contributed by atoms with Crippen molar-refractivity contribution < 1.29 is 9.59 Å². The molecule has 1 aliphatic rings. The summed E-state index contributed by atoms with van der Waals surface area (Å²) in [6.07, 6.45) is 5.87. The lowest BCUT2D eigenvalue weighted by Crippen LogP contribution is -2.52. The van der Waals surface area contributed by atoms with E-state index in [1.807, 2.05) is 37.4 Å². The number of H-pyrrole nitrogens is 1. The fourth-order valence-electron chi connectivity index (χ4n) is 4.74. The molecule has 3 aromatic rings. The van der Waals surface area contributed by atoms with Crippen molar-refractivity contribution in [3.05, 3.63) is 69.8 Å². The molecule has 1 saturated heterocycles. The van der Waals surface area contributed by atoms with Gasteiger partial charge in [0.25, 0.3) is 11.5 Å². The molecule has 7 nitrogen and oxygen atoms in total. The van der Waals surface area contributed by atoms with Crippen LogP contribution in [0.15, 0.2) is 47.5 Å². The molecule has 1 unspecified atom stereocenters. The molecule has 0 spiro atoms. The van der Waals surface area contributed by atoms with Gasteiger partial charge in [0.05, 0.1) is 5.41 Å². The van der Waals surface area contributed by atoms with Gasteiger partial charge in [0.1, 0.15) is 5.56 Å². The number of benzene rings is 1. The Morgan fingerprint density at radius 3 is 2.78 bits per heavy atom. The third-order valence-corrected chi connectivity index (χ3v) is 6.64. The molecule has 0 saturated carbocycles. The first-order valence-corrected chi connectivity index (χ1v) is 11.1. The van der Waals surface area contributed by atoms with Gasteiger partial charge in [-0.2, -0.15) is 0 Å². The number of carbonyl (C=O) groups excluding carboxylic acids is 2. The minimum Gasteiger partial charge on any atom is -0.361 e. The molecule has 0 bridgehead atoms. The molecule has 7 heteroatoms. The summed E-state index contributed by atoms with van der Waals surface area (Å²) in [6.45, 7) is 5.02. The molecular formula is C25H30N4O3. The highest BCUT2D eigenvalue weighted by Gasteiger charge is 2.39. The second kappa shape index (κ2) is 8.65. The Balaban J connectivity index is 1.57. The highest BCUT2D eigenvalue weighted by Crippen LogP contribution is 2.30. The molecule has 3 heterocycles. The minimum atomic E-state index is -0.639. The van der Waals surface area contributed by atoms with Crippen molar-refractivity contribution >= 4 is 22.7 Å². The van der Waals surface area contributed by atoms with Gasteiger partial charge in [-0.3, -0.25) is 14.4 Å². The van der Waals surface area contributed by atoms with Gasteiger partial charge in [0, 0.05) is 50.0 Å². The van der Waals surface area contributed by atoms with Crippen LogP contribution in [0.25, 0.3) is 10.9 Å². The summed E-state index contributed by atoms with van der Waals surface area (Å²) in [5.41, 5.74) is 2.15. The van der Waals surface area contributed by atoms with E-state index in [4.69, 9.17) is 0 Å². The number of rotatable bonds is 5. The van der Waals surface area contributed by atoms with Crippen LogP contribution in [-0.2, 0) is 17.8 Å². The van der Waals surface area contributed by atoms with Gasteiger partial charge >= 0.3 is 0 Å². The molecule has 1 atom stereocenters. The predicted octanol–water partition coefficient (Wildman–Crippen LogP) is 2.87. The molecule has 2 aromatic heterocycles. The molecule has 0 aliphatic carbocycles. The third kappa shape index (κ3) is 3.95. The lowest BCUT2D eigenvalue weighted by Gasteiger charge is -2.39. The van der Waals surface area contributed by atoms with Crippen LogP contribution in [0.2, 0.25) is 0 Å². The summed E-state index contributed by atoms with van der Waals surface area (Å²) in [5, 5.41) is 3.85. The van der Waals surface area contributed by atoms with Gasteiger partial charge in [0.15, 0.2) is 0 Å². The first-order chi connectivity index (χ1) is 15.3. The van der Waals surface area contributed by atoms with Crippen LogP contribution >= 0.6 is 0 Å². The monoisotopic (exact) mass is 434 g/mol. The highest BCUT2D eigenvalue weighted by molar-refractivity contribution is 5.96. The molecule has 1 aliphatic heterocycles. The Morgan fingerprint density at radius 2 is 2.00 bits per heavy atom. The lowest BCUT2D eigenvalue weighted by atomic mass is 9.80. The summed E-state index contributed by atoms with van der Waals surface area (Å²) < 4.78 is 1.61. The molecule has 0 radical (unpaired) electrons. The van der Waals surface area contributed by atoms with E-state index >= 15 is 0 Å². The first-order valence-electron chi connectivity index (χ1n) is 11.1. The average molecular weight is 435 g/mol. The Hall–Kier alpha value is -3.35. The summed E-state index contributed by atoms with van der Waals surface area (Å²) in [6, 6.07) is 9.90. The van der Waals surface area contributed by atoms with Gasteiger partial charge in [0.2, 0.25) is 5.91 Å². The summed E-state index contributed by atoms with van der Waals surface area (Å²) in [7, 11) is 1.61. The van der Waals surface area contributed by atoms with Crippen molar-refractivity contribution in [3.63, 3.8) is 0 Å². The van der Waals surface area contributed by atoms with E-state index in [1.54, 1.807) is 29.6 Å². The quantitative estimate of drug-likeness (QED) is 0.647. The van der Waals surface area contributed by atoms with Gasteiger partial charge in [-0.25, -0.2) is 0 Å². The zero-order valence-electron chi connectivity index (χ0n) is 18.9. The number of fused-ring (bicyclic) bond motifs is 1. The van der Waals surface area contributed by atoms with Crippen LogP contribution in [0.1, 0.15) is 41.3 Å². The van der Waals surface area contributed by atoms with E-state index in [0.717, 1.165) is 29.3 Å². The van der Waals surface area contributed by atoms with Crippen LogP contribution in [-0.4, -0.2) is 46.4 Å². The maximum absolute atomic E-state index is 13.4. The van der Waals surface area contributed by atoms with E-state index in [1.165, 1.54) is 0 Å². The average Bonchev–Trinajstić information content (AvgIpc) is 3.21. The number of hydrogen-bond donors (Lipinski definition) is 2. The van der Waals surface area contributed by atoms with Crippen molar-refractivity contribution in [1.29, 1.82) is 0 Å². The number of likely N-dealkylation sites (tertiary alicyclic amines) is 1. The number of hydrogen-bond acceptors (Lipinski definition) is 3. The summed E-state index contributed by atoms with van der Waals surface area (Å²) >= 11 is 0. The topological polar surface area (TPSA) is 87.2 Å². The van der Waals surface area contributed by atoms with Crippen LogP contribution in [0, 0.1) is 12.3 Å². The van der Waals surface area contributed by atoms with Crippen molar-refractivity contribution in [2.75, 3.05) is 20.1 Å². The van der Waals surface area contributed by atoms with Gasteiger partial charge < -0.3 is 19.8 Å². The van der Waals surface area contributed by atoms with E-state index < -0.39 is 5.41 Å². The molecule has 2 N–H and O–H groups in total. The van der Waals surface area contributed by atoms with E-state index in [0.29, 0.717) is 31.6 Å². The molecule has 1 aromatic carbocycles. The maximum atomic E-state index is 13.4. The largest absolute Gasteiger partial charge is 0.361 e. The smallest absolute Gasteiger partial charge is 0.263 e. The van der Waals surface area contributed by atoms with Crippen LogP contribution < -0.4 is 10.9 Å². The summed E-state index contributed by atoms with van der Waals surface area (Å²) in [5.74, 6) is -0.361. The molecule has 4 rings (SSSR count). The zero-order chi connectivity index (χ0) is 22.9. The number of piperidine rings is 1. The summed E-state index contributed by atoms with van der Waals surface area (Å²) in [4.78, 5) is 43.9. The maximum Gasteiger partial charge on any atom is 0.263 e. The van der Waals surface area contributed by atoms with Gasteiger partial charge in [-0.1, -0.05) is 18.2 Å². The second-order valence-electron chi connectivity index (χ2n) is 8.95. The fourth-order valence-corrected chi connectivity index (χ4v) is 4.74. The van der Waals surface area contributed by atoms with Crippen LogP contribution in [0.3, 0.4) is 0 Å². The minimum absolute atomic E-state index is 0.0732. The number of carbonyl (C=O) groups is 2. The van der Waals surface area contributed by atoms with E-state index in [2.05, 4.69) is 16.4 Å².